The molecule has 16 heteroatoms. The highest BCUT2D eigenvalue weighted by Crippen LogP contribution is 2.56. The molecule has 0 fully saturated rings. The van der Waals surface area contributed by atoms with E-state index in [4.69, 9.17) is 9.47 Å². The third-order valence-electron chi connectivity index (χ3n) is 7.80. The van der Waals surface area contributed by atoms with E-state index in [9.17, 15) is 45.5 Å². The van der Waals surface area contributed by atoms with E-state index in [1.807, 2.05) is 0 Å². The molecule has 0 radical (unpaired) electrons. The Morgan fingerprint density at radius 2 is 0.843 bits per heavy atom. The number of amides is 4. The van der Waals surface area contributed by atoms with E-state index in [2.05, 4.69) is 10.2 Å². The van der Waals surface area contributed by atoms with Crippen molar-refractivity contribution in [2.45, 2.75) is 30.6 Å². The van der Waals surface area contributed by atoms with E-state index in [1.54, 1.807) is 0 Å². The van der Waals surface area contributed by atoms with Crippen molar-refractivity contribution in [3.8, 4) is 11.5 Å². The number of alkyl halides is 6. The highest BCUT2D eigenvalue weighted by Gasteiger charge is 2.72. The van der Waals surface area contributed by atoms with Gasteiger partial charge < -0.3 is 9.47 Å². The fourth-order valence-electron chi connectivity index (χ4n) is 5.47. The van der Waals surface area contributed by atoms with Crippen LogP contribution in [-0.4, -0.2) is 57.4 Å². The molecular weight excluding hydrogens is 686 g/mol. The number of rotatable bonds is 8. The molecule has 2 aromatic carbocycles. The van der Waals surface area contributed by atoms with Crippen LogP contribution in [0.3, 0.4) is 0 Å². The lowest BCUT2D eigenvalue weighted by atomic mass is 9.73. The molecule has 0 atom stereocenters. The first-order valence-electron chi connectivity index (χ1n) is 14.9. The Bertz CT molecular complexity index is 1870. The average Bonchev–Trinajstić information content (AvgIpc) is 3.56. The normalized spacial score (nSPS) is 19.5. The molecule has 51 heavy (non-hydrogen) atoms. The molecular formula is C35H22F6N4O6. The minimum Gasteiger partial charge on any atom is -0.461 e. The summed E-state index contributed by atoms with van der Waals surface area (Å²) in [6.45, 7) is 0. The Morgan fingerprint density at radius 1 is 0.510 bits per heavy atom. The number of nitrogens with zero attached hydrogens (tertiary/aromatic N) is 4. The molecule has 10 nitrogen and oxygen atoms in total. The summed E-state index contributed by atoms with van der Waals surface area (Å²) in [5.74, 6) is -2.37. The van der Waals surface area contributed by atoms with Gasteiger partial charge >= 0.3 is 12.4 Å². The largest absolute Gasteiger partial charge is 0.461 e. The van der Waals surface area contributed by atoms with Crippen LogP contribution in [0.15, 0.2) is 131 Å². The number of carbonyl (C=O) groups is 4. The molecule has 2 aliphatic heterocycles. The number of ether oxygens (including phenoxy) is 2. The predicted molar refractivity (Wildman–Crippen MR) is 168 cm³/mol. The number of benzene rings is 2. The summed E-state index contributed by atoms with van der Waals surface area (Å²) in [5, 5.41) is 9.23. The van der Waals surface area contributed by atoms with E-state index in [-0.39, 0.29) is 47.3 Å². The molecule has 0 aromatic heterocycles. The lowest BCUT2D eigenvalue weighted by Gasteiger charge is -2.38. The molecule has 2 aromatic rings. The van der Waals surface area contributed by atoms with Crippen LogP contribution in [0.25, 0.3) is 0 Å². The number of hydrogen-bond donors (Lipinski definition) is 0. The first-order chi connectivity index (χ1) is 24.2. The van der Waals surface area contributed by atoms with E-state index in [1.165, 1.54) is 36.5 Å². The monoisotopic (exact) mass is 708 g/mol. The number of carbonyl (C=O) groups excluding carboxylic acids is 4. The molecule has 4 amide bonds. The third-order valence-corrected chi connectivity index (χ3v) is 7.80. The van der Waals surface area contributed by atoms with Crippen LogP contribution in [0.1, 0.15) is 24.0 Å². The van der Waals surface area contributed by atoms with E-state index in [0.29, 0.717) is 34.3 Å². The van der Waals surface area contributed by atoms with Gasteiger partial charge in [0.15, 0.2) is 0 Å². The third kappa shape index (κ3) is 6.79. The highest BCUT2D eigenvalue weighted by atomic mass is 19.4. The smallest absolute Gasteiger partial charge is 0.411 e. The molecule has 0 spiro atoms. The van der Waals surface area contributed by atoms with Gasteiger partial charge in [-0.15, -0.1) is 0 Å². The molecule has 0 unspecified atom stereocenters. The van der Waals surface area contributed by atoms with E-state index < -0.39 is 52.5 Å². The van der Waals surface area contributed by atoms with Crippen LogP contribution in [0.2, 0.25) is 0 Å². The van der Waals surface area contributed by atoms with Crippen LogP contribution in [0.5, 0.6) is 11.5 Å². The Labute approximate surface area is 284 Å². The van der Waals surface area contributed by atoms with Crippen molar-refractivity contribution in [3.63, 3.8) is 0 Å². The quantitative estimate of drug-likeness (QED) is 0.242. The summed E-state index contributed by atoms with van der Waals surface area (Å²) in [5.41, 5.74) is -6.20. The first kappa shape index (κ1) is 34.5. The maximum Gasteiger partial charge on any atom is 0.411 e. The van der Waals surface area contributed by atoms with Crippen molar-refractivity contribution < 1.29 is 55.0 Å². The second kappa shape index (κ2) is 13.2. The van der Waals surface area contributed by atoms with Crippen molar-refractivity contribution in [1.29, 1.82) is 0 Å². The second-order valence-electron chi connectivity index (χ2n) is 11.2. The van der Waals surface area contributed by atoms with Crippen LogP contribution in [-0.2, 0) is 24.6 Å². The van der Waals surface area contributed by atoms with Crippen LogP contribution in [0.4, 0.5) is 26.3 Å². The fraction of sp³-hybridized carbons (Fsp3) is 0.143. The first-order valence-corrected chi connectivity index (χ1v) is 14.9. The standard InChI is InChI=1S/C35H22F6N4O6/c36-34(37,38)33(35(39,40)41,21-7-11-25(12-8-21)50-27-5-1-3-23(19-27)42-44-29(46)15-16-30(44)47)22-9-13-26(14-10-22)51-28-6-2-4-24(20-28)43-45-31(48)17-18-32(45)49/h1-18H,19-20H2. The number of imide groups is 2. The predicted octanol–water partition coefficient (Wildman–Crippen LogP) is 6.10. The van der Waals surface area contributed by atoms with Crippen molar-refractivity contribution in [1.82, 2.24) is 10.0 Å². The maximum absolute atomic E-state index is 14.8. The lowest BCUT2D eigenvalue weighted by molar-refractivity contribution is -0.288. The minimum absolute atomic E-state index is 0.0324. The van der Waals surface area contributed by atoms with Gasteiger partial charge in [-0.1, -0.05) is 36.4 Å². The van der Waals surface area contributed by atoms with Gasteiger partial charge in [-0.3, -0.25) is 19.2 Å². The summed E-state index contributed by atoms with van der Waals surface area (Å²) in [7, 11) is 0. The minimum atomic E-state index is -5.85. The molecule has 4 aliphatic rings. The Morgan fingerprint density at radius 3 is 1.16 bits per heavy atom. The molecule has 6 rings (SSSR count). The van der Waals surface area contributed by atoms with Gasteiger partial charge in [0.05, 0.1) is 11.4 Å². The molecule has 0 saturated carbocycles. The average molecular weight is 709 g/mol. The van der Waals surface area contributed by atoms with Gasteiger partial charge in [0, 0.05) is 37.1 Å². The zero-order valence-electron chi connectivity index (χ0n) is 25.8. The second-order valence-corrected chi connectivity index (χ2v) is 11.2. The van der Waals surface area contributed by atoms with Gasteiger partial charge in [0.25, 0.3) is 23.6 Å². The lowest BCUT2D eigenvalue weighted by Crippen LogP contribution is -2.54. The molecule has 2 heterocycles. The molecule has 260 valence electrons. The van der Waals surface area contributed by atoms with Gasteiger partial charge in [-0.25, -0.2) is 0 Å². The zero-order chi connectivity index (χ0) is 36.6. The van der Waals surface area contributed by atoms with E-state index in [0.717, 1.165) is 48.6 Å². The number of halogens is 6. The summed E-state index contributed by atoms with van der Waals surface area (Å²) in [6, 6.07) is 6.56. The Balaban J connectivity index is 1.21. The van der Waals surface area contributed by atoms with Crippen LogP contribution in [0, 0.1) is 0 Å². The molecule has 0 bridgehead atoms. The summed E-state index contributed by atoms with van der Waals surface area (Å²) < 4.78 is 99.9. The van der Waals surface area contributed by atoms with Crippen LogP contribution < -0.4 is 9.47 Å². The van der Waals surface area contributed by atoms with Crippen molar-refractivity contribution in [2.75, 3.05) is 0 Å². The topological polar surface area (TPSA) is 118 Å². The SMILES string of the molecule is O=C1C=CC(=O)N1N=C1C=CC=C(Oc2ccc(C(c3ccc(OC4=CC=CC(=NN5C(=O)C=CC5=O)C4)cc3)(C(F)(F)F)C(F)(F)F)cc2)C1. The maximum atomic E-state index is 14.8. The number of hydrazone groups is 2. The van der Waals surface area contributed by atoms with Crippen molar-refractivity contribution in [3.05, 3.63) is 132 Å². The molecule has 0 saturated heterocycles. The number of allylic oxidation sites excluding steroid dienone is 8. The van der Waals surface area contributed by atoms with Gasteiger partial charge in [-0.05, 0) is 59.7 Å². The summed E-state index contributed by atoms with van der Waals surface area (Å²) in [6.07, 6.45) is 1.36. The Hall–Kier alpha value is -6.32. The number of hydrogen-bond acceptors (Lipinski definition) is 8. The fourth-order valence-corrected chi connectivity index (χ4v) is 5.47. The van der Waals surface area contributed by atoms with Crippen molar-refractivity contribution >= 4 is 35.1 Å². The summed E-state index contributed by atoms with van der Waals surface area (Å²) in [4.78, 5) is 47.2. The summed E-state index contributed by atoms with van der Waals surface area (Å²) >= 11 is 0. The highest BCUT2D eigenvalue weighted by molar-refractivity contribution is 6.14. The van der Waals surface area contributed by atoms with E-state index >= 15 is 0 Å². The zero-order valence-corrected chi connectivity index (χ0v) is 25.8. The van der Waals surface area contributed by atoms with Crippen molar-refractivity contribution in [2.24, 2.45) is 10.2 Å². The van der Waals surface area contributed by atoms with Gasteiger partial charge in [-0.2, -0.15) is 46.6 Å². The van der Waals surface area contributed by atoms with Crippen LogP contribution >= 0.6 is 0 Å². The van der Waals surface area contributed by atoms with Gasteiger partial charge in [0.1, 0.15) is 23.0 Å². The molecule has 2 aliphatic carbocycles. The molecule has 0 N–H and O–H groups in total. The Kier molecular flexibility index (Phi) is 8.93. The van der Waals surface area contributed by atoms with Gasteiger partial charge in [0.2, 0.25) is 5.41 Å².